The van der Waals surface area contributed by atoms with E-state index in [2.05, 4.69) is 79.6 Å². The lowest BCUT2D eigenvalue weighted by Crippen LogP contribution is -2.45. The number of piperazine rings is 1. The molecule has 0 spiro atoms. The van der Waals surface area contributed by atoms with Crippen LogP contribution in [0.5, 0.6) is 0 Å². The van der Waals surface area contributed by atoms with E-state index in [0.29, 0.717) is 16.7 Å². The van der Waals surface area contributed by atoms with Gasteiger partial charge in [0.2, 0.25) is 0 Å². The highest BCUT2D eigenvalue weighted by Gasteiger charge is 2.65. The van der Waals surface area contributed by atoms with E-state index in [4.69, 9.17) is 0 Å². The maximum absolute atomic E-state index is 2.61. The van der Waals surface area contributed by atoms with Crippen molar-refractivity contribution < 1.29 is 0 Å². The summed E-state index contributed by atoms with van der Waals surface area (Å²) in [4.78, 5) is 5.04. The van der Waals surface area contributed by atoms with Gasteiger partial charge >= 0.3 is 0 Å². The van der Waals surface area contributed by atoms with Crippen LogP contribution in [0.2, 0.25) is 0 Å². The number of hydrogen-bond donors (Lipinski definition) is 0. The molecule has 1 saturated heterocycles. The second kappa shape index (κ2) is 5.85. The predicted molar refractivity (Wildman–Crippen MR) is 106 cm³/mol. The lowest BCUT2D eigenvalue weighted by Gasteiger charge is -2.32. The monoisotopic (exact) mass is 339 g/mol. The third-order valence-electron chi connectivity index (χ3n) is 7.40. The SMILES string of the molecule is CN1CCN(CCn2cc(C3C(C)(C)C3(C)C)c3ccccc32)CC1. The number of aromatic nitrogens is 1. The van der Waals surface area contributed by atoms with Gasteiger partial charge in [0.05, 0.1) is 0 Å². The summed E-state index contributed by atoms with van der Waals surface area (Å²) in [6, 6.07) is 8.99. The topological polar surface area (TPSA) is 11.4 Å². The van der Waals surface area contributed by atoms with Gasteiger partial charge in [-0.15, -0.1) is 0 Å². The highest BCUT2D eigenvalue weighted by atomic mass is 15.2. The van der Waals surface area contributed by atoms with Crippen LogP contribution in [0.1, 0.15) is 39.2 Å². The minimum absolute atomic E-state index is 0.388. The van der Waals surface area contributed by atoms with Crippen LogP contribution in [0, 0.1) is 10.8 Å². The summed E-state index contributed by atoms with van der Waals surface area (Å²) in [5.74, 6) is 0.662. The van der Waals surface area contributed by atoms with E-state index in [1.54, 1.807) is 5.56 Å². The molecule has 0 radical (unpaired) electrons. The minimum atomic E-state index is 0.388. The molecule has 25 heavy (non-hydrogen) atoms. The second-order valence-corrected chi connectivity index (χ2v) is 9.32. The molecule has 1 aromatic carbocycles. The Bertz CT molecular complexity index is 749. The molecule has 1 aliphatic carbocycles. The Morgan fingerprint density at radius 2 is 1.56 bits per heavy atom. The molecule has 136 valence electrons. The van der Waals surface area contributed by atoms with E-state index in [0.717, 1.165) is 13.1 Å². The molecule has 3 nitrogen and oxygen atoms in total. The highest BCUT2D eigenvalue weighted by molar-refractivity contribution is 5.85. The first-order chi connectivity index (χ1) is 11.8. The molecule has 1 aliphatic heterocycles. The average molecular weight is 340 g/mol. The van der Waals surface area contributed by atoms with Gasteiger partial charge in [-0.3, -0.25) is 4.90 Å². The number of nitrogens with zero attached hydrogens (tertiary/aromatic N) is 3. The van der Waals surface area contributed by atoms with E-state index < -0.39 is 0 Å². The smallest absolute Gasteiger partial charge is 0.0483 e. The van der Waals surface area contributed by atoms with E-state index in [1.165, 1.54) is 37.1 Å². The molecular formula is C22H33N3. The van der Waals surface area contributed by atoms with Gasteiger partial charge in [0, 0.05) is 56.4 Å². The molecule has 4 rings (SSSR count). The number of likely N-dealkylation sites (N-methyl/N-ethyl adjacent to an activating group) is 1. The Morgan fingerprint density at radius 3 is 2.20 bits per heavy atom. The van der Waals surface area contributed by atoms with Crippen molar-refractivity contribution in [3.05, 3.63) is 36.0 Å². The molecule has 2 heterocycles. The van der Waals surface area contributed by atoms with E-state index in [9.17, 15) is 0 Å². The molecule has 0 amide bonds. The number of rotatable bonds is 4. The fourth-order valence-corrected chi connectivity index (χ4v) is 4.98. The fourth-order valence-electron chi connectivity index (χ4n) is 4.98. The zero-order valence-corrected chi connectivity index (χ0v) is 16.5. The zero-order valence-electron chi connectivity index (χ0n) is 16.5. The first-order valence-corrected chi connectivity index (χ1v) is 9.81. The Morgan fingerprint density at radius 1 is 0.920 bits per heavy atom. The van der Waals surface area contributed by atoms with Gasteiger partial charge in [0.25, 0.3) is 0 Å². The van der Waals surface area contributed by atoms with Gasteiger partial charge < -0.3 is 9.47 Å². The number of benzene rings is 1. The predicted octanol–water partition coefficient (Wildman–Crippen LogP) is 4.04. The van der Waals surface area contributed by atoms with Crippen molar-refractivity contribution in [1.82, 2.24) is 14.4 Å². The molecular weight excluding hydrogens is 306 g/mol. The largest absolute Gasteiger partial charge is 0.346 e. The fraction of sp³-hybridized carbons (Fsp3) is 0.636. The van der Waals surface area contributed by atoms with Gasteiger partial charge in [-0.05, 0) is 35.4 Å². The van der Waals surface area contributed by atoms with Crippen molar-refractivity contribution >= 4 is 10.9 Å². The number of fused-ring (bicyclic) bond motifs is 1. The first-order valence-electron chi connectivity index (χ1n) is 9.81. The van der Waals surface area contributed by atoms with Crippen LogP contribution < -0.4 is 0 Å². The maximum atomic E-state index is 2.61. The lowest BCUT2D eigenvalue weighted by atomic mass is 10.0. The molecule has 0 unspecified atom stereocenters. The molecule has 0 atom stereocenters. The molecule has 3 heteroatoms. The Kier molecular flexibility index (Phi) is 4.01. The quantitative estimate of drug-likeness (QED) is 0.833. The van der Waals surface area contributed by atoms with Crippen LogP contribution in [0.25, 0.3) is 10.9 Å². The van der Waals surface area contributed by atoms with Crippen molar-refractivity contribution in [3.63, 3.8) is 0 Å². The van der Waals surface area contributed by atoms with Crippen LogP contribution >= 0.6 is 0 Å². The van der Waals surface area contributed by atoms with Gasteiger partial charge in [0.1, 0.15) is 0 Å². The summed E-state index contributed by atoms with van der Waals surface area (Å²) >= 11 is 0. The summed E-state index contributed by atoms with van der Waals surface area (Å²) in [6.07, 6.45) is 2.46. The van der Waals surface area contributed by atoms with Crippen LogP contribution in [0.3, 0.4) is 0 Å². The molecule has 1 saturated carbocycles. The average Bonchev–Trinajstić information content (AvgIpc) is 2.85. The van der Waals surface area contributed by atoms with Crippen LogP contribution in [0.4, 0.5) is 0 Å². The second-order valence-electron chi connectivity index (χ2n) is 9.32. The summed E-state index contributed by atoms with van der Waals surface area (Å²) in [5.41, 5.74) is 3.74. The summed E-state index contributed by atoms with van der Waals surface area (Å²) in [7, 11) is 2.22. The van der Waals surface area contributed by atoms with E-state index >= 15 is 0 Å². The molecule has 1 aromatic heterocycles. The summed E-state index contributed by atoms with van der Waals surface area (Å²) in [5, 5.41) is 1.46. The molecule has 0 bridgehead atoms. The zero-order chi connectivity index (χ0) is 17.8. The third kappa shape index (κ3) is 2.72. The molecule has 2 aliphatic rings. The standard InChI is InChI=1S/C22H33N3/c1-21(2)20(22(21,3)4)18-16-25(19-9-7-6-8-17(18)19)15-14-24-12-10-23(5)11-13-24/h6-9,16,20H,10-15H2,1-5H3. The normalized spacial score (nSPS) is 24.0. The van der Waals surface area contributed by atoms with Crippen molar-refractivity contribution in [2.24, 2.45) is 10.8 Å². The van der Waals surface area contributed by atoms with Crippen molar-refractivity contribution in [2.75, 3.05) is 39.8 Å². The van der Waals surface area contributed by atoms with Crippen LogP contribution in [-0.4, -0.2) is 54.1 Å². The van der Waals surface area contributed by atoms with Crippen LogP contribution in [-0.2, 0) is 6.54 Å². The first kappa shape index (κ1) is 17.1. The van der Waals surface area contributed by atoms with E-state index in [-0.39, 0.29) is 0 Å². The molecule has 2 aromatic rings. The van der Waals surface area contributed by atoms with Crippen molar-refractivity contribution in [1.29, 1.82) is 0 Å². The van der Waals surface area contributed by atoms with Gasteiger partial charge in [-0.25, -0.2) is 0 Å². The highest BCUT2D eigenvalue weighted by Crippen LogP contribution is 2.74. The minimum Gasteiger partial charge on any atom is -0.346 e. The van der Waals surface area contributed by atoms with Crippen LogP contribution in [0.15, 0.2) is 30.5 Å². The van der Waals surface area contributed by atoms with Crippen molar-refractivity contribution in [2.45, 2.75) is 40.2 Å². The van der Waals surface area contributed by atoms with Gasteiger partial charge in [0.15, 0.2) is 0 Å². The maximum Gasteiger partial charge on any atom is 0.0483 e. The Balaban J connectivity index is 1.58. The van der Waals surface area contributed by atoms with Crippen molar-refractivity contribution in [3.8, 4) is 0 Å². The molecule has 0 N–H and O–H groups in total. The molecule has 2 fully saturated rings. The number of hydrogen-bond acceptors (Lipinski definition) is 2. The summed E-state index contributed by atoms with van der Waals surface area (Å²) < 4.78 is 2.51. The lowest BCUT2D eigenvalue weighted by molar-refractivity contribution is 0.150. The third-order valence-corrected chi connectivity index (χ3v) is 7.40. The van der Waals surface area contributed by atoms with Gasteiger partial charge in [-0.2, -0.15) is 0 Å². The van der Waals surface area contributed by atoms with E-state index in [1.807, 2.05) is 0 Å². The van der Waals surface area contributed by atoms with Gasteiger partial charge in [-0.1, -0.05) is 45.9 Å². The summed E-state index contributed by atoms with van der Waals surface area (Å²) in [6.45, 7) is 16.7. The number of para-hydroxylation sites is 1. The Hall–Kier alpha value is -1.32. The Labute approximate surface area is 152 Å².